The third-order valence-electron chi connectivity index (χ3n) is 3.37. The van der Waals surface area contributed by atoms with E-state index in [-0.39, 0.29) is 12.1 Å². The molecular formula is C13H20N4O4S. The number of likely N-dealkylation sites (tertiary alicyclic amines) is 1. The van der Waals surface area contributed by atoms with Crippen molar-refractivity contribution in [3.63, 3.8) is 0 Å². The molecule has 0 atom stereocenters. The molecule has 1 saturated heterocycles. The van der Waals surface area contributed by atoms with E-state index in [0.717, 1.165) is 6.26 Å². The van der Waals surface area contributed by atoms with Crippen LogP contribution in [0.25, 0.3) is 0 Å². The number of urea groups is 1. The van der Waals surface area contributed by atoms with E-state index in [1.54, 1.807) is 23.2 Å². The number of amides is 2. The lowest BCUT2D eigenvalue weighted by atomic mass is 10.1. The third kappa shape index (κ3) is 4.57. The van der Waals surface area contributed by atoms with Crippen molar-refractivity contribution < 1.29 is 17.9 Å². The fourth-order valence-corrected chi connectivity index (χ4v) is 3.19. The Kier molecular flexibility index (Phi) is 5.19. The summed E-state index contributed by atoms with van der Waals surface area (Å²) in [4.78, 5) is 17.9. The highest BCUT2D eigenvalue weighted by atomic mass is 32.2. The summed E-state index contributed by atoms with van der Waals surface area (Å²) >= 11 is 0. The second kappa shape index (κ2) is 6.93. The maximum absolute atomic E-state index is 12.2. The van der Waals surface area contributed by atoms with Gasteiger partial charge in [-0.15, -0.1) is 0 Å². The van der Waals surface area contributed by atoms with Crippen LogP contribution < -0.4 is 14.8 Å². The first kappa shape index (κ1) is 16.5. The van der Waals surface area contributed by atoms with E-state index in [9.17, 15) is 13.2 Å². The quantitative estimate of drug-likeness (QED) is 0.844. The van der Waals surface area contributed by atoms with Gasteiger partial charge in [-0.3, -0.25) is 0 Å². The Morgan fingerprint density at radius 2 is 2.09 bits per heavy atom. The monoisotopic (exact) mass is 328 g/mol. The average Bonchev–Trinajstić information content (AvgIpc) is 2.47. The number of ether oxygens (including phenoxy) is 1. The van der Waals surface area contributed by atoms with Gasteiger partial charge < -0.3 is 15.0 Å². The molecule has 1 aromatic rings. The Morgan fingerprint density at radius 1 is 1.41 bits per heavy atom. The minimum absolute atomic E-state index is 0.119. The van der Waals surface area contributed by atoms with E-state index in [2.05, 4.69) is 15.0 Å². The van der Waals surface area contributed by atoms with Crippen molar-refractivity contribution in [3.05, 3.63) is 18.3 Å². The summed E-state index contributed by atoms with van der Waals surface area (Å²) in [6, 6.07) is 3.05. The maximum atomic E-state index is 12.2. The number of sulfonamides is 1. The summed E-state index contributed by atoms with van der Waals surface area (Å²) in [6.45, 7) is 0.975. The van der Waals surface area contributed by atoms with Crippen molar-refractivity contribution in [1.82, 2.24) is 14.6 Å². The Labute approximate surface area is 129 Å². The van der Waals surface area contributed by atoms with Crippen LogP contribution in [0.2, 0.25) is 0 Å². The molecular weight excluding hydrogens is 308 g/mol. The first-order valence-electron chi connectivity index (χ1n) is 6.91. The van der Waals surface area contributed by atoms with E-state index in [4.69, 9.17) is 4.74 Å². The van der Waals surface area contributed by atoms with Crippen LogP contribution in [0.3, 0.4) is 0 Å². The Morgan fingerprint density at radius 3 is 2.68 bits per heavy atom. The zero-order valence-corrected chi connectivity index (χ0v) is 13.4. The second-order valence-corrected chi connectivity index (χ2v) is 6.92. The van der Waals surface area contributed by atoms with Crippen LogP contribution in [0.5, 0.6) is 5.88 Å². The summed E-state index contributed by atoms with van der Waals surface area (Å²) in [7, 11) is -1.73. The molecule has 2 heterocycles. The fourth-order valence-electron chi connectivity index (χ4n) is 2.35. The molecule has 0 saturated carbocycles. The normalized spacial score (nSPS) is 16.4. The van der Waals surface area contributed by atoms with E-state index < -0.39 is 10.0 Å². The van der Waals surface area contributed by atoms with Gasteiger partial charge in [0.1, 0.15) is 5.69 Å². The lowest BCUT2D eigenvalue weighted by Crippen LogP contribution is -2.47. The van der Waals surface area contributed by atoms with Crippen LogP contribution in [0.15, 0.2) is 18.3 Å². The largest absolute Gasteiger partial charge is 0.480 e. The smallest absolute Gasteiger partial charge is 0.321 e. The molecule has 22 heavy (non-hydrogen) atoms. The minimum atomic E-state index is -3.21. The van der Waals surface area contributed by atoms with E-state index in [0.29, 0.717) is 37.5 Å². The van der Waals surface area contributed by atoms with Crippen molar-refractivity contribution >= 4 is 21.7 Å². The van der Waals surface area contributed by atoms with E-state index in [1.165, 1.54) is 7.11 Å². The standard InChI is InChI=1S/C13H20N4O4S/c1-21-12-11(4-3-7-14-12)15-13(18)17-8-5-10(6-9-17)16-22(2,19)20/h3-4,7,10,16H,5-6,8-9H2,1-2H3,(H,15,18). The molecule has 9 heteroatoms. The zero-order valence-electron chi connectivity index (χ0n) is 12.6. The number of piperidine rings is 1. The first-order valence-corrected chi connectivity index (χ1v) is 8.80. The molecule has 2 amide bonds. The van der Waals surface area contributed by atoms with Crippen molar-refractivity contribution in [2.24, 2.45) is 0 Å². The number of carbonyl (C=O) groups is 1. The number of hydrogen-bond acceptors (Lipinski definition) is 5. The number of anilines is 1. The Hall–Kier alpha value is -1.87. The third-order valence-corrected chi connectivity index (χ3v) is 4.13. The van der Waals surface area contributed by atoms with Gasteiger partial charge >= 0.3 is 6.03 Å². The topological polar surface area (TPSA) is 101 Å². The van der Waals surface area contributed by atoms with Crippen LogP contribution in [0.1, 0.15) is 12.8 Å². The highest BCUT2D eigenvalue weighted by Gasteiger charge is 2.25. The zero-order chi connectivity index (χ0) is 16.2. The molecule has 1 aliphatic heterocycles. The molecule has 0 aromatic carbocycles. The predicted octanol–water partition coefficient (Wildman–Crippen LogP) is 0.636. The average molecular weight is 328 g/mol. The summed E-state index contributed by atoms with van der Waals surface area (Å²) in [6.07, 6.45) is 3.90. The molecule has 1 aliphatic rings. The van der Waals surface area contributed by atoms with Gasteiger partial charge in [0.15, 0.2) is 0 Å². The maximum Gasteiger partial charge on any atom is 0.321 e. The van der Waals surface area contributed by atoms with Gasteiger partial charge in [0, 0.05) is 25.3 Å². The molecule has 0 bridgehead atoms. The van der Waals surface area contributed by atoms with Crippen LogP contribution in [-0.2, 0) is 10.0 Å². The number of hydrogen-bond donors (Lipinski definition) is 2. The molecule has 1 aromatic heterocycles. The van der Waals surface area contributed by atoms with E-state index in [1.807, 2.05) is 0 Å². The number of nitrogens with zero attached hydrogens (tertiary/aromatic N) is 2. The van der Waals surface area contributed by atoms with Crippen LogP contribution in [0, 0.1) is 0 Å². The lowest BCUT2D eigenvalue weighted by molar-refractivity contribution is 0.193. The predicted molar refractivity (Wildman–Crippen MR) is 82.4 cm³/mol. The molecule has 122 valence electrons. The molecule has 2 N–H and O–H groups in total. The number of aromatic nitrogens is 1. The molecule has 0 aliphatic carbocycles. The second-order valence-electron chi connectivity index (χ2n) is 5.14. The molecule has 2 rings (SSSR count). The van der Waals surface area contributed by atoms with E-state index >= 15 is 0 Å². The van der Waals surface area contributed by atoms with Crippen molar-refractivity contribution in [2.45, 2.75) is 18.9 Å². The van der Waals surface area contributed by atoms with Crippen LogP contribution in [0.4, 0.5) is 10.5 Å². The fraction of sp³-hybridized carbons (Fsp3) is 0.538. The van der Waals surface area contributed by atoms with Gasteiger partial charge in [-0.2, -0.15) is 0 Å². The van der Waals surface area contributed by atoms with Gasteiger partial charge in [-0.1, -0.05) is 0 Å². The van der Waals surface area contributed by atoms with Crippen LogP contribution >= 0.6 is 0 Å². The SMILES string of the molecule is COc1ncccc1NC(=O)N1CCC(NS(C)(=O)=O)CC1. The van der Waals surface area contributed by atoms with Crippen molar-refractivity contribution in [2.75, 3.05) is 31.8 Å². The van der Waals surface area contributed by atoms with Gasteiger partial charge in [0.2, 0.25) is 15.9 Å². The number of pyridine rings is 1. The summed E-state index contributed by atoms with van der Waals surface area (Å²) in [5.74, 6) is 0.351. The van der Waals surface area contributed by atoms with Crippen molar-refractivity contribution in [1.29, 1.82) is 0 Å². The number of nitrogens with one attached hydrogen (secondary N) is 2. The minimum Gasteiger partial charge on any atom is -0.480 e. The van der Waals surface area contributed by atoms with Gasteiger partial charge in [-0.25, -0.2) is 22.9 Å². The molecule has 1 fully saturated rings. The number of rotatable bonds is 4. The Bertz CT molecular complexity index is 627. The summed E-state index contributed by atoms with van der Waals surface area (Å²) in [5.41, 5.74) is 0.506. The lowest BCUT2D eigenvalue weighted by Gasteiger charge is -2.32. The number of carbonyl (C=O) groups excluding carboxylic acids is 1. The highest BCUT2D eigenvalue weighted by Crippen LogP contribution is 2.21. The summed E-state index contributed by atoms with van der Waals surface area (Å²) < 4.78 is 30.1. The highest BCUT2D eigenvalue weighted by molar-refractivity contribution is 7.88. The van der Waals surface area contributed by atoms with Gasteiger partial charge in [0.25, 0.3) is 0 Å². The molecule has 0 spiro atoms. The Balaban J connectivity index is 1.90. The van der Waals surface area contributed by atoms with Gasteiger partial charge in [-0.05, 0) is 25.0 Å². The molecule has 0 unspecified atom stereocenters. The van der Waals surface area contributed by atoms with Gasteiger partial charge in [0.05, 0.1) is 13.4 Å². The van der Waals surface area contributed by atoms with Crippen molar-refractivity contribution in [3.8, 4) is 5.88 Å². The molecule has 0 radical (unpaired) electrons. The summed E-state index contributed by atoms with van der Waals surface area (Å²) in [5, 5.41) is 2.76. The van der Waals surface area contributed by atoms with Crippen LogP contribution in [-0.4, -0.2) is 56.8 Å². The number of methoxy groups -OCH3 is 1. The molecule has 8 nitrogen and oxygen atoms in total. The first-order chi connectivity index (χ1) is 10.4.